The minimum atomic E-state index is -2.38. The van der Waals surface area contributed by atoms with E-state index in [-0.39, 0.29) is 12.2 Å². The molecule has 100 valence electrons. The molecule has 0 radical (unpaired) electrons. The summed E-state index contributed by atoms with van der Waals surface area (Å²) in [6.07, 6.45) is -2.63. The van der Waals surface area contributed by atoms with Crippen molar-refractivity contribution in [2.24, 2.45) is 0 Å². The number of nitrogens with zero attached hydrogens (tertiary/aromatic N) is 1. The second-order valence-corrected chi connectivity index (χ2v) is 4.48. The first-order valence-electron chi connectivity index (χ1n) is 6.15. The van der Waals surface area contributed by atoms with Crippen LogP contribution in [0.1, 0.15) is 18.0 Å². The highest BCUT2D eigenvalue weighted by Crippen LogP contribution is 2.27. The van der Waals surface area contributed by atoms with Crippen LogP contribution in [0.15, 0.2) is 24.3 Å². The maximum atomic E-state index is 13.2. The molecule has 0 aliphatic carbocycles. The lowest BCUT2D eigenvalue weighted by atomic mass is 10.0. The van der Waals surface area contributed by atoms with Gasteiger partial charge in [-0.05, 0) is 17.7 Å². The van der Waals surface area contributed by atoms with Crippen molar-refractivity contribution in [1.82, 2.24) is 10.2 Å². The third-order valence-corrected chi connectivity index (χ3v) is 3.23. The molecule has 1 N–H and O–H groups in total. The summed E-state index contributed by atoms with van der Waals surface area (Å²) in [5.41, 5.74) is 0.636. The van der Waals surface area contributed by atoms with Gasteiger partial charge in [-0.1, -0.05) is 12.1 Å². The number of benzene rings is 1. The first-order chi connectivity index (χ1) is 8.66. The maximum absolute atomic E-state index is 13.2. The Morgan fingerprint density at radius 1 is 1.22 bits per heavy atom. The summed E-state index contributed by atoms with van der Waals surface area (Å²) in [6, 6.07) is 5.59. The van der Waals surface area contributed by atoms with E-state index in [4.69, 9.17) is 0 Å². The van der Waals surface area contributed by atoms with Gasteiger partial charge in [0.05, 0.1) is 0 Å². The second kappa shape index (κ2) is 6.20. The van der Waals surface area contributed by atoms with Crippen molar-refractivity contribution in [3.63, 3.8) is 0 Å². The third kappa shape index (κ3) is 3.46. The Hall–Kier alpha value is -1.07. The first-order valence-corrected chi connectivity index (χ1v) is 6.15. The van der Waals surface area contributed by atoms with Gasteiger partial charge in [0.2, 0.25) is 6.43 Å². The van der Waals surface area contributed by atoms with Crippen molar-refractivity contribution in [3.05, 3.63) is 35.6 Å². The molecule has 1 saturated heterocycles. The van der Waals surface area contributed by atoms with Gasteiger partial charge in [0.1, 0.15) is 5.82 Å². The quantitative estimate of drug-likeness (QED) is 0.892. The van der Waals surface area contributed by atoms with Crippen molar-refractivity contribution in [2.45, 2.75) is 18.9 Å². The predicted molar refractivity (Wildman–Crippen MR) is 64.2 cm³/mol. The Kier molecular flexibility index (Phi) is 4.60. The van der Waals surface area contributed by atoms with Gasteiger partial charge in [0.15, 0.2) is 0 Å². The SMILES string of the molecule is Fc1cccc([C@@H](CC(F)F)N2CCNCC2)c1. The Labute approximate surface area is 105 Å². The Morgan fingerprint density at radius 3 is 2.56 bits per heavy atom. The van der Waals surface area contributed by atoms with Gasteiger partial charge >= 0.3 is 0 Å². The summed E-state index contributed by atoms with van der Waals surface area (Å²) in [6.45, 7) is 3.01. The molecule has 0 aromatic heterocycles. The summed E-state index contributed by atoms with van der Waals surface area (Å²) in [5, 5.41) is 3.18. The molecule has 1 fully saturated rings. The van der Waals surface area contributed by atoms with E-state index in [0.717, 1.165) is 13.1 Å². The van der Waals surface area contributed by atoms with Gasteiger partial charge in [-0.3, -0.25) is 4.90 Å². The molecule has 0 saturated carbocycles. The topological polar surface area (TPSA) is 15.3 Å². The van der Waals surface area contributed by atoms with Crippen LogP contribution in [0.2, 0.25) is 0 Å². The van der Waals surface area contributed by atoms with Gasteiger partial charge in [0.25, 0.3) is 0 Å². The lowest BCUT2D eigenvalue weighted by Crippen LogP contribution is -2.45. The highest BCUT2D eigenvalue weighted by Gasteiger charge is 2.25. The number of alkyl halides is 2. The van der Waals surface area contributed by atoms with Crippen LogP contribution in [0.25, 0.3) is 0 Å². The molecule has 1 atom stereocenters. The Balaban J connectivity index is 2.18. The van der Waals surface area contributed by atoms with Crippen molar-refractivity contribution >= 4 is 0 Å². The number of hydrogen-bond donors (Lipinski definition) is 1. The smallest absolute Gasteiger partial charge is 0.240 e. The van der Waals surface area contributed by atoms with Crippen LogP contribution in [0, 0.1) is 5.82 Å². The van der Waals surface area contributed by atoms with Crippen LogP contribution in [-0.4, -0.2) is 37.5 Å². The minimum Gasteiger partial charge on any atom is -0.314 e. The van der Waals surface area contributed by atoms with E-state index in [9.17, 15) is 13.2 Å². The lowest BCUT2D eigenvalue weighted by Gasteiger charge is -2.35. The van der Waals surface area contributed by atoms with Gasteiger partial charge in [-0.2, -0.15) is 0 Å². The number of nitrogens with one attached hydrogen (secondary N) is 1. The zero-order valence-corrected chi connectivity index (χ0v) is 10.1. The van der Waals surface area contributed by atoms with Crippen molar-refractivity contribution < 1.29 is 13.2 Å². The molecular weight excluding hydrogens is 241 g/mol. The fraction of sp³-hybridized carbons (Fsp3) is 0.538. The molecule has 0 bridgehead atoms. The number of rotatable bonds is 4. The molecule has 2 rings (SSSR count). The van der Waals surface area contributed by atoms with Gasteiger partial charge in [-0.15, -0.1) is 0 Å². The van der Waals surface area contributed by atoms with E-state index in [2.05, 4.69) is 5.32 Å². The number of piperazine rings is 1. The van der Waals surface area contributed by atoms with Crippen LogP contribution in [0.4, 0.5) is 13.2 Å². The standard InChI is InChI=1S/C13H17F3N2/c14-11-3-1-2-10(8-11)12(9-13(15)16)18-6-4-17-5-7-18/h1-3,8,12-13,17H,4-7,9H2/t12-/m1/s1. The average molecular weight is 258 g/mol. The molecule has 1 aromatic carbocycles. The Bertz CT molecular complexity index is 378. The summed E-state index contributed by atoms with van der Waals surface area (Å²) in [7, 11) is 0. The zero-order valence-electron chi connectivity index (χ0n) is 10.1. The summed E-state index contributed by atoms with van der Waals surface area (Å²) >= 11 is 0. The fourth-order valence-electron chi connectivity index (χ4n) is 2.37. The second-order valence-electron chi connectivity index (χ2n) is 4.48. The normalized spacial score (nSPS) is 19.1. The van der Waals surface area contributed by atoms with Gasteiger partial charge in [0, 0.05) is 38.6 Å². The van der Waals surface area contributed by atoms with E-state index in [1.165, 1.54) is 12.1 Å². The largest absolute Gasteiger partial charge is 0.314 e. The van der Waals surface area contributed by atoms with E-state index in [0.29, 0.717) is 18.7 Å². The molecule has 0 spiro atoms. The molecular formula is C13H17F3N2. The van der Waals surface area contributed by atoms with Crippen molar-refractivity contribution in [1.29, 1.82) is 0 Å². The average Bonchev–Trinajstić information content (AvgIpc) is 2.37. The van der Waals surface area contributed by atoms with Gasteiger partial charge < -0.3 is 5.32 Å². The monoisotopic (exact) mass is 258 g/mol. The molecule has 1 aliphatic heterocycles. The Morgan fingerprint density at radius 2 is 1.94 bits per heavy atom. The van der Waals surface area contributed by atoms with Crippen LogP contribution in [0.3, 0.4) is 0 Å². The summed E-state index contributed by atoms with van der Waals surface area (Å²) in [4.78, 5) is 2.00. The van der Waals surface area contributed by atoms with Crippen LogP contribution in [0.5, 0.6) is 0 Å². The molecule has 0 unspecified atom stereocenters. The van der Waals surface area contributed by atoms with Crippen LogP contribution < -0.4 is 5.32 Å². The molecule has 1 aliphatic rings. The molecule has 0 amide bonds. The number of hydrogen-bond acceptors (Lipinski definition) is 2. The number of halogens is 3. The zero-order chi connectivity index (χ0) is 13.0. The third-order valence-electron chi connectivity index (χ3n) is 3.23. The molecule has 18 heavy (non-hydrogen) atoms. The highest BCUT2D eigenvalue weighted by atomic mass is 19.3. The molecule has 2 nitrogen and oxygen atoms in total. The van der Waals surface area contributed by atoms with Crippen LogP contribution >= 0.6 is 0 Å². The van der Waals surface area contributed by atoms with Crippen molar-refractivity contribution in [3.8, 4) is 0 Å². The van der Waals surface area contributed by atoms with E-state index in [1.54, 1.807) is 12.1 Å². The van der Waals surface area contributed by atoms with Crippen molar-refractivity contribution in [2.75, 3.05) is 26.2 Å². The van der Waals surface area contributed by atoms with E-state index < -0.39 is 12.5 Å². The molecule has 1 aromatic rings. The highest BCUT2D eigenvalue weighted by molar-refractivity contribution is 5.20. The predicted octanol–water partition coefficient (Wildman–Crippen LogP) is 2.43. The molecule has 1 heterocycles. The summed E-state index contributed by atoms with van der Waals surface area (Å²) < 4.78 is 38.6. The van der Waals surface area contributed by atoms with Crippen LogP contribution in [-0.2, 0) is 0 Å². The lowest BCUT2D eigenvalue weighted by molar-refractivity contribution is 0.0738. The van der Waals surface area contributed by atoms with Gasteiger partial charge in [-0.25, -0.2) is 13.2 Å². The first kappa shape index (κ1) is 13.4. The fourth-order valence-corrected chi connectivity index (χ4v) is 2.37. The van der Waals surface area contributed by atoms with E-state index in [1.807, 2.05) is 4.90 Å². The molecule has 5 heteroatoms. The maximum Gasteiger partial charge on any atom is 0.240 e. The minimum absolute atomic E-state index is 0.247. The summed E-state index contributed by atoms with van der Waals surface area (Å²) in [5.74, 6) is -0.373. The van der Waals surface area contributed by atoms with E-state index >= 15 is 0 Å².